The lowest BCUT2D eigenvalue weighted by atomic mass is 10.0. The van der Waals surface area contributed by atoms with Crippen LogP contribution in [0.15, 0.2) is 6.20 Å². The Hall–Kier alpha value is -1.59. The number of rotatable bonds is 3. The summed E-state index contributed by atoms with van der Waals surface area (Å²) >= 11 is 0. The van der Waals surface area contributed by atoms with Gasteiger partial charge in [-0.15, -0.1) is 0 Å². The van der Waals surface area contributed by atoms with Gasteiger partial charge in [0.2, 0.25) is 0 Å². The van der Waals surface area contributed by atoms with Crippen LogP contribution in [0.2, 0.25) is 0 Å². The van der Waals surface area contributed by atoms with Gasteiger partial charge in [0.1, 0.15) is 11.6 Å². The van der Waals surface area contributed by atoms with Gasteiger partial charge in [0.25, 0.3) is 0 Å². The summed E-state index contributed by atoms with van der Waals surface area (Å²) in [5.41, 5.74) is 0.219. The quantitative estimate of drug-likeness (QED) is 0.883. The Bertz CT molecular complexity index is 593. The van der Waals surface area contributed by atoms with E-state index in [1.165, 1.54) is 15.2 Å². The van der Waals surface area contributed by atoms with Gasteiger partial charge < -0.3 is 0 Å². The first kappa shape index (κ1) is 13.8. The third-order valence-corrected chi connectivity index (χ3v) is 4.86. The highest BCUT2D eigenvalue weighted by Gasteiger charge is 2.27. The van der Waals surface area contributed by atoms with Gasteiger partial charge in [-0.1, -0.05) is 6.92 Å². The number of nitriles is 1. The molecule has 19 heavy (non-hydrogen) atoms. The minimum absolute atomic E-state index is 0.209. The van der Waals surface area contributed by atoms with Crippen molar-refractivity contribution in [1.82, 2.24) is 14.1 Å². The van der Waals surface area contributed by atoms with Crippen molar-refractivity contribution in [2.45, 2.75) is 19.8 Å². The molecule has 1 fully saturated rings. The predicted molar refractivity (Wildman–Crippen MR) is 70.4 cm³/mol. The summed E-state index contributed by atoms with van der Waals surface area (Å²) in [4.78, 5) is 0. The van der Waals surface area contributed by atoms with Crippen molar-refractivity contribution in [3.8, 4) is 6.07 Å². The molecule has 1 N–H and O–H groups in total. The molecule has 0 unspecified atom stereocenters. The molecule has 0 aliphatic carbocycles. The van der Waals surface area contributed by atoms with Gasteiger partial charge in [0, 0.05) is 20.1 Å². The highest BCUT2D eigenvalue weighted by atomic mass is 32.2. The summed E-state index contributed by atoms with van der Waals surface area (Å²) in [5, 5.41) is 12.8. The van der Waals surface area contributed by atoms with E-state index < -0.39 is 10.2 Å². The molecule has 0 spiro atoms. The molecule has 1 aromatic rings. The summed E-state index contributed by atoms with van der Waals surface area (Å²) in [6, 6.07) is 1.92. The van der Waals surface area contributed by atoms with E-state index >= 15 is 0 Å². The number of piperidine rings is 1. The predicted octanol–water partition coefficient (Wildman–Crippen LogP) is 0.680. The Morgan fingerprint density at radius 2 is 2.11 bits per heavy atom. The van der Waals surface area contributed by atoms with Crippen molar-refractivity contribution >= 4 is 16.0 Å². The van der Waals surface area contributed by atoms with Crippen molar-refractivity contribution in [1.29, 1.82) is 5.26 Å². The molecule has 2 heterocycles. The Kier molecular flexibility index (Phi) is 3.78. The van der Waals surface area contributed by atoms with Crippen LogP contribution >= 0.6 is 0 Å². The van der Waals surface area contributed by atoms with E-state index in [9.17, 15) is 8.42 Å². The molecule has 8 heteroatoms. The Balaban J connectivity index is 2.18. The van der Waals surface area contributed by atoms with Gasteiger partial charge in [-0.3, -0.25) is 9.40 Å². The number of nitrogens with zero attached hydrogens (tertiary/aromatic N) is 4. The van der Waals surface area contributed by atoms with Gasteiger partial charge in [0.05, 0.1) is 6.20 Å². The van der Waals surface area contributed by atoms with Crippen LogP contribution in [-0.4, -0.2) is 35.6 Å². The topological polar surface area (TPSA) is 91.0 Å². The molecule has 2 rings (SSSR count). The van der Waals surface area contributed by atoms with E-state index in [2.05, 4.69) is 16.7 Å². The lowest BCUT2D eigenvalue weighted by Gasteiger charge is -2.29. The summed E-state index contributed by atoms with van der Waals surface area (Å²) in [6.45, 7) is 3.14. The van der Waals surface area contributed by atoms with Crippen LogP contribution in [0.25, 0.3) is 0 Å². The summed E-state index contributed by atoms with van der Waals surface area (Å²) < 4.78 is 29.7. The maximum absolute atomic E-state index is 12.2. The van der Waals surface area contributed by atoms with E-state index in [1.54, 1.807) is 7.05 Å². The van der Waals surface area contributed by atoms with Gasteiger partial charge in [-0.05, 0) is 18.8 Å². The SMILES string of the molecule is CC1CCN(S(=O)(=O)Nc2c(C#N)cnn2C)CC1. The fourth-order valence-electron chi connectivity index (χ4n) is 2.05. The third-order valence-electron chi connectivity index (χ3n) is 3.37. The number of nitrogens with one attached hydrogen (secondary N) is 1. The molecule has 7 nitrogen and oxygen atoms in total. The maximum atomic E-state index is 12.2. The monoisotopic (exact) mass is 283 g/mol. The van der Waals surface area contributed by atoms with Crippen LogP contribution < -0.4 is 4.72 Å². The third kappa shape index (κ3) is 2.88. The first-order valence-electron chi connectivity index (χ1n) is 6.14. The molecule has 1 aliphatic rings. The summed E-state index contributed by atoms with van der Waals surface area (Å²) in [6.07, 6.45) is 3.06. The number of hydrogen-bond acceptors (Lipinski definition) is 4. The van der Waals surface area contributed by atoms with Crippen molar-refractivity contribution < 1.29 is 8.42 Å². The molecule has 1 aliphatic heterocycles. The second-order valence-electron chi connectivity index (χ2n) is 4.83. The minimum Gasteiger partial charge on any atom is -0.254 e. The molecule has 104 valence electrons. The van der Waals surface area contributed by atoms with Crippen molar-refractivity contribution in [2.24, 2.45) is 13.0 Å². The van der Waals surface area contributed by atoms with Gasteiger partial charge in [0.15, 0.2) is 5.82 Å². The smallest absolute Gasteiger partial charge is 0.254 e. The number of anilines is 1. The van der Waals surface area contributed by atoms with Crippen LogP contribution in [0.5, 0.6) is 0 Å². The number of aryl methyl sites for hydroxylation is 1. The van der Waals surface area contributed by atoms with Gasteiger partial charge >= 0.3 is 10.2 Å². The number of hydrogen-bond donors (Lipinski definition) is 1. The molecule has 0 amide bonds. The molecule has 0 radical (unpaired) electrons. The zero-order valence-corrected chi connectivity index (χ0v) is 11.8. The lowest BCUT2D eigenvalue weighted by molar-refractivity contribution is 0.289. The van der Waals surface area contributed by atoms with E-state index in [0.29, 0.717) is 19.0 Å². The second kappa shape index (κ2) is 5.19. The highest BCUT2D eigenvalue weighted by Crippen LogP contribution is 2.21. The van der Waals surface area contributed by atoms with Crippen molar-refractivity contribution in [3.05, 3.63) is 11.8 Å². The van der Waals surface area contributed by atoms with Crippen LogP contribution in [0.3, 0.4) is 0 Å². The summed E-state index contributed by atoms with van der Waals surface area (Å²) in [5.74, 6) is 0.763. The molecular formula is C11H17N5O2S. The van der Waals surface area contributed by atoms with E-state index in [1.807, 2.05) is 6.07 Å². The lowest BCUT2D eigenvalue weighted by Crippen LogP contribution is -2.41. The first-order valence-corrected chi connectivity index (χ1v) is 7.58. The fraction of sp³-hybridized carbons (Fsp3) is 0.636. The molecular weight excluding hydrogens is 266 g/mol. The molecule has 0 atom stereocenters. The molecule has 1 saturated heterocycles. The van der Waals surface area contributed by atoms with Gasteiger partial charge in [-0.25, -0.2) is 0 Å². The molecule has 0 bridgehead atoms. The Labute approximate surface area is 113 Å². The summed E-state index contributed by atoms with van der Waals surface area (Å²) in [7, 11) is -2.02. The number of aromatic nitrogens is 2. The second-order valence-corrected chi connectivity index (χ2v) is 6.50. The highest BCUT2D eigenvalue weighted by molar-refractivity contribution is 7.90. The van der Waals surface area contributed by atoms with E-state index in [0.717, 1.165) is 12.8 Å². The van der Waals surface area contributed by atoms with Crippen LogP contribution in [-0.2, 0) is 17.3 Å². The van der Waals surface area contributed by atoms with Crippen molar-refractivity contribution in [2.75, 3.05) is 17.8 Å². The standard InChI is InChI=1S/C11H17N5O2S/c1-9-3-5-16(6-4-9)19(17,18)14-11-10(7-12)8-13-15(11)2/h8-9,14H,3-6H2,1-2H3. The van der Waals surface area contributed by atoms with Crippen molar-refractivity contribution in [3.63, 3.8) is 0 Å². The normalized spacial score (nSPS) is 18.2. The van der Waals surface area contributed by atoms with E-state index in [-0.39, 0.29) is 11.4 Å². The van der Waals surface area contributed by atoms with Crippen LogP contribution in [0.4, 0.5) is 5.82 Å². The molecule has 0 aromatic carbocycles. The first-order chi connectivity index (χ1) is 8.94. The Morgan fingerprint density at radius 3 is 2.68 bits per heavy atom. The Morgan fingerprint density at radius 1 is 1.47 bits per heavy atom. The minimum atomic E-state index is -3.61. The van der Waals surface area contributed by atoms with Gasteiger partial charge in [-0.2, -0.15) is 23.1 Å². The van der Waals surface area contributed by atoms with Crippen LogP contribution in [0, 0.1) is 17.2 Å². The fourth-order valence-corrected chi connectivity index (χ4v) is 3.36. The average Bonchev–Trinajstić information content (AvgIpc) is 2.70. The zero-order chi connectivity index (χ0) is 14.0. The molecule has 0 saturated carbocycles. The van der Waals surface area contributed by atoms with E-state index in [4.69, 9.17) is 5.26 Å². The molecule has 1 aromatic heterocycles. The maximum Gasteiger partial charge on any atom is 0.302 e. The average molecular weight is 283 g/mol. The largest absolute Gasteiger partial charge is 0.302 e. The van der Waals surface area contributed by atoms with Crippen LogP contribution in [0.1, 0.15) is 25.3 Å². The zero-order valence-electron chi connectivity index (χ0n) is 11.0.